The van der Waals surface area contributed by atoms with Crippen molar-refractivity contribution in [1.82, 2.24) is 15.0 Å². The number of rotatable bonds is 9. The molecule has 0 aromatic carbocycles. The van der Waals surface area contributed by atoms with Crippen molar-refractivity contribution in [1.29, 1.82) is 10.5 Å². The van der Waals surface area contributed by atoms with Crippen molar-refractivity contribution in [3.63, 3.8) is 0 Å². The molecule has 1 saturated heterocycles. The SMILES string of the molecule is COCCOc1ccc(-c2c(C#N)c(SCc3ccccn3)nc(N3CCC(F)CC3)c2C#N)nc1. The number of halogens is 1. The Bertz CT molecular complexity index is 1250. The monoisotopic (exact) mass is 504 g/mol. The zero-order valence-electron chi connectivity index (χ0n) is 19.9. The van der Waals surface area contributed by atoms with Crippen molar-refractivity contribution < 1.29 is 13.9 Å². The first-order chi connectivity index (χ1) is 17.6. The van der Waals surface area contributed by atoms with Crippen LogP contribution in [0.4, 0.5) is 10.2 Å². The topological polar surface area (TPSA) is 108 Å². The molecule has 8 nitrogen and oxygen atoms in total. The summed E-state index contributed by atoms with van der Waals surface area (Å²) in [6, 6.07) is 13.6. The van der Waals surface area contributed by atoms with E-state index >= 15 is 0 Å². The lowest BCUT2D eigenvalue weighted by atomic mass is 9.99. The van der Waals surface area contributed by atoms with Crippen molar-refractivity contribution in [2.24, 2.45) is 0 Å². The summed E-state index contributed by atoms with van der Waals surface area (Å²) in [5.74, 6) is 1.50. The highest BCUT2D eigenvalue weighted by Crippen LogP contribution is 2.39. The second-order valence-corrected chi connectivity index (χ2v) is 9.05. The Labute approximate surface area is 213 Å². The normalized spacial score (nSPS) is 13.7. The molecule has 1 aliphatic heterocycles. The molecule has 4 rings (SSSR count). The summed E-state index contributed by atoms with van der Waals surface area (Å²) in [6.45, 7) is 1.71. The number of methoxy groups -OCH3 is 1. The summed E-state index contributed by atoms with van der Waals surface area (Å²) in [7, 11) is 1.60. The number of thioether (sulfide) groups is 1. The Balaban J connectivity index is 1.77. The number of nitriles is 2. The number of aromatic nitrogens is 3. The number of hydrogen-bond acceptors (Lipinski definition) is 9. The number of ether oxygens (including phenoxy) is 2. The molecule has 0 amide bonds. The third-order valence-electron chi connectivity index (χ3n) is 5.72. The predicted octanol–water partition coefficient (Wildman–Crippen LogP) is 4.54. The fourth-order valence-corrected chi connectivity index (χ4v) is 4.79. The highest BCUT2D eigenvalue weighted by molar-refractivity contribution is 7.98. The maximum atomic E-state index is 13.9. The van der Waals surface area contributed by atoms with E-state index in [4.69, 9.17) is 14.5 Å². The van der Waals surface area contributed by atoms with Gasteiger partial charge in [-0.3, -0.25) is 9.97 Å². The van der Waals surface area contributed by atoms with Crippen LogP contribution in [0.1, 0.15) is 29.7 Å². The molecule has 1 fully saturated rings. The molecule has 1 aliphatic rings. The summed E-state index contributed by atoms with van der Waals surface area (Å²) >= 11 is 1.38. The molecular weight excluding hydrogens is 479 g/mol. The molecule has 4 heterocycles. The Morgan fingerprint density at radius 3 is 2.53 bits per heavy atom. The van der Waals surface area contributed by atoms with E-state index in [9.17, 15) is 14.9 Å². The number of anilines is 1. The van der Waals surface area contributed by atoms with Gasteiger partial charge in [0.15, 0.2) is 0 Å². The zero-order valence-corrected chi connectivity index (χ0v) is 20.7. The third-order valence-corrected chi connectivity index (χ3v) is 6.73. The standard InChI is InChI=1S/C26H25FN6O2S/c1-34-12-13-35-20-5-6-23(31-16-20)24-21(14-28)25(33-10-7-18(27)8-11-33)32-26(22(24)15-29)36-17-19-4-2-3-9-30-19/h2-6,9,16,18H,7-8,10-13,17H2,1H3. The zero-order chi connectivity index (χ0) is 25.3. The van der Waals surface area contributed by atoms with Crippen molar-refractivity contribution in [2.45, 2.75) is 29.8 Å². The van der Waals surface area contributed by atoms with Crippen LogP contribution in [-0.4, -0.2) is 54.5 Å². The third kappa shape index (κ3) is 5.91. The molecule has 0 unspecified atom stereocenters. The van der Waals surface area contributed by atoms with E-state index in [1.54, 1.807) is 31.6 Å². The van der Waals surface area contributed by atoms with E-state index < -0.39 is 6.17 Å². The molecule has 10 heteroatoms. The summed E-state index contributed by atoms with van der Waals surface area (Å²) in [5.41, 5.74) is 2.25. The van der Waals surface area contributed by atoms with Gasteiger partial charge in [0, 0.05) is 37.7 Å². The highest BCUT2D eigenvalue weighted by Gasteiger charge is 2.28. The molecule has 0 bridgehead atoms. The van der Waals surface area contributed by atoms with Crippen molar-refractivity contribution in [2.75, 3.05) is 38.3 Å². The maximum absolute atomic E-state index is 13.9. The minimum Gasteiger partial charge on any atom is -0.490 e. The number of alkyl halides is 1. The van der Waals surface area contributed by atoms with E-state index in [1.165, 1.54) is 11.8 Å². The maximum Gasteiger partial charge on any atom is 0.148 e. The van der Waals surface area contributed by atoms with Gasteiger partial charge in [0.05, 0.1) is 29.8 Å². The average Bonchev–Trinajstić information content (AvgIpc) is 2.92. The number of nitrogens with zero attached hydrogens (tertiary/aromatic N) is 6. The number of piperidine rings is 1. The van der Waals surface area contributed by atoms with Crippen LogP contribution < -0.4 is 9.64 Å². The van der Waals surface area contributed by atoms with Crippen molar-refractivity contribution in [3.05, 3.63) is 59.5 Å². The van der Waals surface area contributed by atoms with Gasteiger partial charge in [-0.2, -0.15) is 10.5 Å². The van der Waals surface area contributed by atoms with Gasteiger partial charge in [0.25, 0.3) is 0 Å². The number of hydrogen-bond donors (Lipinski definition) is 0. The molecular formula is C26H25FN6O2S. The summed E-state index contributed by atoms with van der Waals surface area (Å²) < 4.78 is 24.5. The van der Waals surface area contributed by atoms with Crippen LogP contribution in [-0.2, 0) is 10.5 Å². The van der Waals surface area contributed by atoms with Gasteiger partial charge in [0.2, 0.25) is 0 Å². The number of pyridine rings is 3. The summed E-state index contributed by atoms with van der Waals surface area (Å²) in [4.78, 5) is 15.5. The second kappa shape index (κ2) is 12.3. The van der Waals surface area contributed by atoms with Gasteiger partial charge in [-0.1, -0.05) is 17.8 Å². The fourth-order valence-electron chi connectivity index (χ4n) is 3.89. The largest absolute Gasteiger partial charge is 0.490 e. The second-order valence-electron chi connectivity index (χ2n) is 8.08. The van der Waals surface area contributed by atoms with Crippen LogP contribution in [0.3, 0.4) is 0 Å². The molecule has 0 spiro atoms. The minimum absolute atomic E-state index is 0.256. The van der Waals surface area contributed by atoms with Gasteiger partial charge in [0.1, 0.15) is 47.1 Å². The first-order valence-electron chi connectivity index (χ1n) is 11.5. The van der Waals surface area contributed by atoms with E-state index in [0.29, 0.717) is 72.7 Å². The van der Waals surface area contributed by atoms with Gasteiger partial charge in [-0.15, -0.1) is 0 Å². The van der Waals surface area contributed by atoms with Crippen LogP contribution in [0.15, 0.2) is 47.8 Å². The van der Waals surface area contributed by atoms with Crippen molar-refractivity contribution >= 4 is 17.6 Å². The van der Waals surface area contributed by atoms with E-state index in [0.717, 1.165) is 5.69 Å². The molecule has 3 aromatic heterocycles. The first-order valence-corrected chi connectivity index (χ1v) is 12.5. The average molecular weight is 505 g/mol. The smallest absolute Gasteiger partial charge is 0.148 e. The lowest BCUT2D eigenvalue weighted by molar-refractivity contribution is 0.146. The van der Waals surface area contributed by atoms with Crippen LogP contribution in [0, 0.1) is 22.7 Å². The van der Waals surface area contributed by atoms with Crippen LogP contribution in [0.25, 0.3) is 11.3 Å². The van der Waals surface area contributed by atoms with Gasteiger partial charge >= 0.3 is 0 Å². The molecule has 3 aromatic rings. The fraction of sp³-hybridized carbons (Fsp3) is 0.346. The highest BCUT2D eigenvalue weighted by atomic mass is 32.2. The van der Waals surface area contributed by atoms with Crippen molar-refractivity contribution in [3.8, 4) is 29.1 Å². The molecule has 0 N–H and O–H groups in total. The quantitative estimate of drug-likeness (QED) is 0.306. The molecule has 0 aliphatic carbocycles. The van der Waals surface area contributed by atoms with Crippen LogP contribution in [0.2, 0.25) is 0 Å². The Hall–Kier alpha value is -3.73. The van der Waals surface area contributed by atoms with Gasteiger partial charge in [-0.05, 0) is 37.1 Å². The van der Waals surface area contributed by atoms with E-state index in [2.05, 4.69) is 22.1 Å². The Morgan fingerprint density at radius 2 is 1.89 bits per heavy atom. The van der Waals surface area contributed by atoms with Gasteiger partial charge < -0.3 is 14.4 Å². The summed E-state index contributed by atoms with van der Waals surface area (Å²) in [5, 5.41) is 20.8. The molecule has 184 valence electrons. The van der Waals surface area contributed by atoms with Gasteiger partial charge in [-0.25, -0.2) is 9.37 Å². The van der Waals surface area contributed by atoms with Crippen LogP contribution >= 0.6 is 11.8 Å². The molecule has 0 atom stereocenters. The van der Waals surface area contributed by atoms with Crippen LogP contribution in [0.5, 0.6) is 5.75 Å². The summed E-state index contributed by atoms with van der Waals surface area (Å²) in [6.07, 6.45) is 3.14. The lowest BCUT2D eigenvalue weighted by Crippen LogP contribution is -2.35. The lowest BCUT2D eigenvalue weighted by Gasteiger charge is -2.31. The van der Waals surface area contributed by atoms with E-state index in [1.807, 2.05) is 23.1 Å². The Morgan fingerprint density at radius 1 is 1.08 bits per heavy atom. The predicted molar refractivity (Wildman–Crippen MR) is 134 cm³/mol. The Kier molecular flexibility index (Phi) is 8.66. The molecule has 36 heavy (non-hydrogen) atoms. The van der Waals surface area contributed by atoms with E-state index in [-0.39, 0.29) is 11.1 Å². The molecule has 0 radical (unpaired) electrons. The molecule has 0 saturated carbocycles. The minimum atomic E-state index is -0.866. The first kappa shape index (κ1) is 25.4.